The zero-order valence-electron chi connectivity index (χ0n) is 15.6. The lowest BCUT2D eigenvalue weighted by molar-refractivity contribution is 0.340. The highest BCUT2D eigenvalue weighted by molar-refractivity contribution is 14.0. The molecule has 0 saturated carbocycles. The minimum absolute atomic E-state index is 0. The summed E-state index contributed by atoms with van der Waals surface area (Å²) in [6.07, 6.45) is 2.18. The first-order valence-electron chi connectivity index (χ1n) is 8.75. The fraction of sp³-hybridized carbons (Fsp3) is 0.500. The molecule has 0 fully saturated rings. The number of nitrogens with one attached hydrogen (secondary N) is 1. The SMILES string of the molecule is CCOc1ccc(CN(C)C(=NC)NCc2nnc3n2CCC3)cc1.I. The molecule has 1 aromatic heterocycles. The average molecular weight is 470 g/mol. The Kier molecular flexibility index (Phi) is 7.67. The second-order valence-electron chi connectivity index (χ2n) is 6.12. The largest absolute Gasteiger partial charge is 0.494 e. The molecule has 0 unspecified atom stereocenters. The van der Waals surface area contributed by atoms with E-state index < -0.39 is 0 Å². The van der Waals surface area contributed by atoms with Crippen LogP contribution in [-0.4, -0.2) is 46.3 Å². The Balaban J connectivity index is 0.00000243. The van der Waals surface area contributed by atoms with Gasteiger partial charge in [0, 0.05) is 33.6 Å². The summed E-state index contributed by atoms with van der Waals surface area (Å²) < 4.78 is 7.69. The Morgan fingerprint density at radius 3 is 2.77 bits per heavy atom. The molecule has 0 atom stereocenters. The van der Waals surface area contributed by atoms with Crippen molar-refractivity contribution in [3.63, 3.8) is 0 Å². The van der Waals surface area contributed by atoms with Gasteiger partial charge in [-0.1, -0.05) is 12.1 Å². The molecule has 0 amide bonds. The number of aromatic nitrogens is 3. The van der Waals surface area contributed by atoms with Crippen molar-refractivity contribution in [3.05, 3.63) is 41.5 Å². The maximum Gasteiger partial charge on any atom is 0.194 e. The van der Waals surface area contributed by atoms with E-state index in [4.69, 9.17) is 4.74 Å². The van der Waals surface area contributed by atoms with Gasteiger partial charge in [0.15, 0.2) is 11.8 Å². The van der Waals surface area contributed by atoms with Crippen molar-refractivity contribution in [2.24, 2.45) is 4.99 Å². The molecule has 26 heavy (non-hydrogen) atoms. The van der Waals surface area contributed by atoms with Crippen LogP contribution in [0.2, 0.25) is 0 Å². The molecule has 1 N–H and O–H groups in total. The van der Waals surface area contributed by atoms with Gasteiger partial charge >= 0.3 is 0 Å². The van der Waals surface area contributed by atoms with Crippen molar-refractivity contribution < 1.29 is 4.74 Å². The number of hydrogen-bond acceptors (Lipinski definition) is 4. The van der Waals surface area contributed by atoms with Gasteiger partial charge in [0.05, 0.1) is 13.2 Å². The van der Waals surface area contributed by atoms with Gasteiger partial charge in [-0.15, -0.1) is 34.2 Å². The second kappa shape index (κ2) is 9.75. The summed E-state index contributed by atoms with van der Waals surface area (Å²) in [6, 6.07) is 8.17. The van der Waals surface area contributed by atoms with Crippen molar-refractivity contribution in [3.8, 4) is 5.75 Å². The topological polar surface area (TPSA) is 67.6 Å². The quantitative estimate of drug-likeness (QED) is 0.399. The number of benzene rings is 1. The number of nitrogens with zero attached hydrogens (tertiary/aromatic N) is 5. The van der Waals surface area contributed by atoms with E-state index in [1.54, 1.807) is 7.05 Å². The van der Waals surface area contributed by atoms with Gasteiger partial charge in [-0.3, -0.25) is 4.99 Å². The fourth-order valence-electron chi connectivity index (χ4n) is 3.09. The van der Waals surface area contributed by atoms with Crippen LogP contribution in [0.15, 0.2) is 29.3 Å². The highest BCUT2D eigenvalue weighted by Crippen LogP contribution is 2.15. The van der Waals surface area contributed by atoms with Gasteiger partial charge in [0.25, 0.3) is 0 Å². The number of aliphatic imine (C=N–C) groups is 1. The van der Waals surface area contributed by atoms with Crippen LogP contribution in [0.1, 0.15) is 30.6 Å². The van der Waals surface area contributed by atoms with Crippen LogP contribution in [0.5, 0.6) is 5.75 Å². The molecule has 0 saturated heterocycles. The molecular weight excluding hydrogens is 443 g/mol. The molecule has 142 valence electrons. The average Bonchev–Trinajstić information content (AvgIpc) is 3.22. The third-order valence-corrected chi connectivity index (χ3v) is 4.32. The third-order valence-electron chi connectivity index (χ3n) is 4.32. The molecule has 3 rings (SSSR count). The van der Waals surface area contributed by atoms with Crippen molar-refractivity contribution >= 4 is 29.9 Å². The van der Waals surface area contributed by atoms with E-state index in [0.29, 0.717) is 13.2 Å². The van der Waals surface area contributed by atoms with Gasteiger partial charge in [-0.2, -0.15) is 0 Å². The van der Waals surface area contributed by atoms with Crippen LogP contribution in [0.4, 0.5) is 0 Å². The summed E-state index contributed by atoms with van der Waals surface area (Å²) in [6.45, 7) is 5.08. The lowest BCUT2D eigenvalue weighted by atomic mass is 10.2. The zero-order chi connectivity index (χ0) is 17.6. The number of fused-ring (bicyclic) bond motifs is 1. The van der Waals surface area contributed by atoms with Crippen LogP contribution >= 0.6 is 24.0 Å². The molecular formula is C18H27IN6O. The predicted molar refractivity (Wildman–Crippen MR) is 113 cm³/mol. The maximum absolute atomic E-state index is 5.49. The number of ether oxygens (including phenoxy) is 1. The molecule has 0 radical (unpaired) electrons. The maximum atomic E-state index is 5.49. The van der Waals surface area contributed by atoms with Crippen molar-refractivity contribution in [2.45, 2.75) is 39.4 Å². The van der Waals surface area contributed by atoms with E-state index in [2.05, 4.69) is 42.1 Å². The van der Waals surface area contributed by atoms with Gasteiger partial charge in [0.1, 0.15) is 11.6 Å². The first kappa shape index (κ1) is 20.5. The molecule has 1 aliphatic rings. The van der Waals surface area contributed by atoms with Crippen LogP contribution in [0.3, 0.4) is 0 Å². The molecule has 0 bridgehead atoms. The predicted octanol–water partition coefficient (Wildman–Crippen LogP) is 2.45. The number of guanidine groups is 1. The van der Waals surface area contributed by atoms with Gasteiger partial charge in [-0.05, 0) is 31.0 Å². The van der Waals surface area contributed by atoms with Crippen molar-refractivity contribution in [2.75, 3.05) is 20.7 Å². The highest BCUT2D eigenvalue weighted by atomic mass is 127. The van der Waals surface area contributed by atoms with Crippen molar-refractivity contribution in [1.29, 1.82) is 0 Å². The molecule has 0 spiro atoms. The first-order valence-corrected chi connectivity index (χ1v) is 8.75. The monoisotopic (exact) mass is 470 g/mol. The van der Waals surface area contributed by atoms with E-state index in [9.17, 15) is 0 Å². The van der Waals surface area contributed by atoms with Gasteiger partial charge < -0.3 is 19.5 Å². The summed E-state index contributed by atoms with van der Waals surface area (Å²) in [5.41, 5.74) is 1.21. The Morgan fingerprint density at radius 2 is 2.08 bits per heavy atom. The second-order valence-corrected chi connectivity index (χ2v) is 6.12. The van der Waals surface area contributed by atoms with Crippen LogP contribution in [0.25, 0.3) is 0 Å². The summed E-state index contributed by atoms with van der Waals surface area (Å²) in [7, 11) is 3.82. The summed E-state index contributed by atoms with van der Waals surface area (Å²) in [5.74, 6) is 3.80. The van der Waals surface area contributed by atoms with E-state index in [1.807, 2.05) is 26.1 Å². The van der Waals surface area contributed by atoms with E-state index >= 15 is 0 Å². The summed E-state index contributed by atoms with van der Waals surface area (Å²) >= 11 is 0. The smallest absolute Gasteiger partial charge is 0.194 e. The van der Waals surface area contributed by atoms with Crippen molar-refractivity contribution in [1.82, 2.24) is 25.0 Å². The van der Waals surface area contributed by atoms with E-state index in [0.717, 1.165) is 49.3 Å². The number of rotatable bonds is 6. The molecule has 0 aliphatic carbocycles. The summed E-state index contributed by atoms with van der Waals surface area (Å²) in [4.78, 5) is 6.47. The lowest BCUT2D eigenvalue weighted by Crippen LogP contribution is -2.38. The van der Waals surface area contributed by atoms with Gasteiger partial charge in [-0.25, -0.2) is 0 Å². The minimum Gasteiger partial charge on any atom is -0.494 e. The fourth-order valence-corrected chi connectivity index (χ4v) is 3.09. The van der Waals surface area contributed by atoms with E-state index in [1.165, 1.54) is 5.56 Å². The Hall–Kier alpha value is -1.84. The minimum atomic E-state index is 0. The van der Waals surface area contributed by atoms with Crippen LogP contribution in [0, 0.1) is 0 Å². The summed E-state index contributed by atoms with van der Waals surface area (Å²) in [5, 5.41) is 11.9. The number of aryl methyl sites for hydroxylation is 1. The first-order chi connectivity index (χ1) is 12.2. The molecule has 7 nitrogen and oxygen atoms in total. The number of halogens is 1. The molecule has 2 heterocycles. The Labute approximate surface area is 171 Å². The lowest BCUT2D eigenvalue weighted by Gasteiger charge is -2.22. The Bertz CT molecular complexity index is 728. The normalized spacial score (nSPS) is 13.1. The van der Waals surface area contributed by atoms with Crippen LogP contribution in [-0.2, 0) is 26.1 Å². The molecule has 1 aliphatic heterocycles. The zero-order valence-corrected chi connectivity index (χ0v) is 17.9. The third kappa shape index (κ3) is 4.87. The number of hydrogen-bond donors (Lipinski definition) is 1. The van der Waals surface area contributed by atoms with E-state index in [-0.39, 0.29) is 24.0 Å². The van der Waals surface area contributed by atoms with Gasteiger partial charge in [0.2, 0.25) is 0 Å². The standard InChI is InChI=1S/C18H26N6O.HI/c1-4-25-15-9-7-14(8-10-15)13-23(3)18(19-2)20-12-17-22-21-16-6-5-11-24(16)17;/h7-10H,4-6,11-13H2,1-3H3,(H,19,20);1H. The molecule has 1 aromatic carbocycles. The highest BCUT2D eigenvalue weighted by Gasteiger charge is 2.17. The Morgan fingerprint density at radius 1 is 1.31 bits per heavy atom. The molecule has 2 aromatic rings. The van der Waals surface area contributed by atoms with Crippen LogP contribution < -0.4 is 10.1 Å². The molecule has 8 heteroatoms.